The van der Waals surface area contributed by atoms with E-state index in [9.17, 15) is 4.79 Å². The van der Waals surface area contributed by atoms with Gasteiger partial charge in [0.25, 0.3) is 0 Å². The third-order valence-corrected chi connectivity index (χ3v) is 3.93. The second-order valence-corrected chi connectivity index (χ2v) is 6.00. The van der Waals surface area contributed by atoms with Gasteiger partial charge in [-0.25, -0.2) is 0 Å². The zero-order chi connectivity index (χ0) is 15.2. The normalized spacial score (nSPS) is 19.5. The summed E-state index contributed by atoms with van der Waals surface area (Å²) in [4.78, 5) is 13.6. The van der Waals surface area contributed by atoms with Crippen molar-refractivity contribution in [3.8, 4) is 5.75 Å². The van der Waals surface area contributed by atoms with Gasteiger partial charge in [-0.15, -0.1) is 0 Å². The van der Waals surface area contributed by atoms with Gasteiger partial charge < -0.3 is 10.1 Å². The van der Waals surface area contributed by atoms with Gasteiger partial charge in [0.15, 0.2) is 0 Å². The molecule has 0 spiro atoms. The average Bonchev–Trinajstić information content (AvgIpc) is 2.45. The first-order valence-electron chi connectivity index (χ1n) is 7.82. The molecule has 1 N–H and O–H groups in total. The Morgan fingerprint density at radius 1 is 1.43 bits per heavy atom. The minimum atomic E-state index is -0.0644. The van der Waals surface area contributed by atoms with E-state index >= 15 is 0 Å². The fourth-order valence-electron chi connectivity index (χ4n) is 2.94. The molecule has 1 aliphatic rings. The number of rotatable bonds is 5. The SMILES string of the molecule is CC(=O)Nc1cccc(OCC2CCCCN2C(C)C)c1. The van der Waals surface area contributed by atoms with Crippen molar-refractivity contribution >= 4 is 11.6 Å². The van der Waals surface area contributed by atoms with Crippen molar-refractivity contribution in [1.82, 2.24) is 4.90 Å². The molecule has 1 unspecified atom stereocenters. The number of amides is 1. The summed E-state index contributed by atoms with van der Waals surface area (Å²) in [7, 11) is 0. The summed E-state index contributed by atoms with van der Waals surface area (Å²) in [5.41, 5.74) is 0.782. The van der Waals surface area contributed by atoms with Crippen LogP contribution in [0.25, 0.3) is 0 Å². The van der Waals surface area contributed by atoms with Gasteiger partial charge in [-0.1, -0.05) is 12.5 Å². The quantitative estimate of drug-likeness (QED) is 0.904. The van der Waals surface area contributed by atoms with E-state index in [1.54, 1.807) is 0 Å². The van der Waals surface area contributed by atoms with Crippen LogP contribution in [-0.4, -0.2) is 36.0 Å². The van der Waals surface area contributed by atoms with Crippen LogP contribution >= 0.6 is 0 Å². The second kappa shape index (κ2) is 7.46. The Morgan fingerprint density at radius 2 is 2.24 bits per heavy atom. The highest BCUT2D eigenvalue weighted by Gasteiger charge is 2.24. The van der Waals surface area contributed by atoms with Crippen LogP contribution in [0, 0.1) is 0 Å². The van der Waals surface area contributed by atoms with E-state index in [2.05, 4.69) is 24.1 Å². The summed E-state index contributed by atoms with van der Waals surface area (Å²) >= 11 is 0. The Labute approximate surface area is 127 Å². The third-order valence-electron chi connectivity index (χ3n) is 3.93. The lowest BCUT2D eigenvalue weighted by Gasteiger charge is -2.38. The molecule has 1 amide bonds. The molecule has 1 aromatic carbocycles. The molecule has 1 heterocycles. The molecule has 1 saturated heterocycles. The smallest absolute Gasteiger partial charge is 0.221 e. The summed E-state index contributed by atoms with van der Waals surface area (Å²) in [5, 5.41) is 2.78. The lowest BCUT2D eigenvalue weighted by Crippen LogP contribution is -2.46. The van der Waals surface area contributed by atoms with Crippen molar-refractivity contribution in [3.05, 3.63) is 24.3 Å². The number of carbonyl (C=O) groups is 1. The van der Waals surface area contributed by atoms with Gasteiger partial charge >= 0.3 is 0 Å². The molecule has 21 heavy (non-hydrogen) atoms. The van der Waals surface area contributed by atoms with Gasteiger partial charge in [0.2, 0.25) is 5.91 Å². The molecule has 116 valence electrons. The molecule has 4 heteroatoms. The molecule has 0 aliphatic carbocycles. The standard InChI is InChI=1S/C17H26N2O2/c1-13(2)19-10-5-4-8-16(19)12-21-17-9-6-7-15(11-17)18-14(3)20/h6-7,9,11,13,16H,4-5,8,10,12H2,1-3H3,(H,18,20). The number of benzene rings is 1. The molecule has 1 atom stereocenters. The first kappa shape index (κ1) is 15.8. The predicted octanol–water partition coefficient (Wildman–Crippen LogP) is 3.29. The predicted molar refractivity (Wildman–Crippen MR) is 85.7 cm³/mol. The number of ether oxygens (including phenoxy) is 1. The van der Waals surface area contributed by atoms with Gasteiger partial charge in [0.05, 0.1) is 0 Å². The minimum absolute atomic E-state index is 0.0644. The van der Waals surface area contributed by atoms with Crippen LogP contribution in [0.15, 0.2) is 24.3 Å². The van der Waals surface area contributed by atoms with Crippen LogP contribution in [0.2, 0.25) is 0 Å². The monoisotopic (exact) mass is 290 g/mol. The highest BCUT2D eigenvalue weighted by Crippen LogP contribution is 2.22. The van der Waals surface area contributed by atoms with Crippen LogP contribution in [0.1, 0.15) is 40.0 Å². The molecule has 0 aromatic heterocycles. The molecule has 0 saturated carbocycles. The maximum absolute atomic E-state index is 11.1. The number of nitrogens with zero attached hydrogens (tertiary/aromatic N) is 1. The van der Waals surface area contributed by atoms with E-state index in [4.69, 9.17) is 4.74 Å². The first-order valence-corrected chi connectivity index (χ1v) is 7.82. The number of carbonyl (C=O) groups excluding carboxylic acids is 1. The zero-order valence-electron chi connectivity index (χ0n) is 13.3. The average molecular weight is 290 g/mol. The number of likely N-dealkylation sites (tertiary alicyclic amines) is 1. The van der Waals surface area contributed by atoms with E-state index in [1.165, 1.54) is 26.2 Å². The van der Waals surface area contributed by atoms with Crippen LogP contribution in [0.3, 0.4) is 0 Å². The van der Waals surface area contributed by atoms with E-state index in [1.807, 2.05) is 24.3 Å². The largest absolute Gasteiger partial charge is 0.492 e. The van der Waals surface area contributed by atoms with Gasteiger partial charge in [0.1, 0.15) is 12.4 Å². The van der Waals surface area contributed by atoms with Crippen molar-refractivity contribution in [3.63, 3.8) is 0 Å². The molecule has 4 nitrogen and oxygen atoms in total. The van der Waals surface area contributed by atoms with Gasteiger partial charge in [-0.3, -0.25) is 9.69 Å². The van der Waals surface area contributed by atoms with Crippen molar-refractivity contribution in [2.75, 3.05) is 18.5 Å². The fraction of sp³-hybridized carbons (Fsp3) is 0.588. The van der Waals surface area contributed by atoms with Gasteiger partial charge in [0, 0.05) is 30.8 Å². The van der Waals surface area contributed by atoms with Crippen molar-refractivity contribution < 1.29 is 9.53 Å². The zero-order valence-corrected chi connectivity index (χ0v) is 13.3. The third kappa shape index (κ3) is 4.74. The highest BCUT2D eigenvalue weighted by atomic mass is 16.5. The van der Waals surface area contributed by atoms with Crippen LogP contribution in [-0.2, 0) is 4.79 Å². The fourth-order valence-corrected chi connectivity index (χ4v) is 2.94. The molecule has 0 radical (unpaired) electrons. The Balaban J connectivity index is 1.93. The Morgan fingerprint density at radius 3 is 2.95 bits per heavy atom. The molecular weight excluding hydrogens is 264 g/mol. The van der Waals surface area contributed by atoms with Crippen LogP contribution in [0.4, 0.5) is 5.69 Å². The lowest BCUT2D eigenvalue weighted by atomic mass is 10.0. The number of hydrogen-bond acceptors (Lipinski definition) is 3. The van der Waals surface area contributed by atoms with Gasteiger partial charge in [-0.2, -0.15) is 0 Å². The maximum atomic E-state index is 11.1. The number of anilines is 1. The second-order valence-electron chi connectivity index (χ2n) is 6.00. The van der Waals surface area contributed by atoms with Crippen molar-refractivity contribution in [2.24, 2.45) is 0 Å². The summed E-state index contributed by atoms with van der Waals surface area (Å²) in [6.07, 6.45) is 3.76. The molecule has 1 aromatic rings. The number of piperidine rings is 1. The van der Waals surface area contributed by atoms with E-state index in [-0.39, 0.29) is 5.91 Å². The summed E-state index contributed by atoms with van der Waals surface area (Å²) in [6, 6.07) is 8.64. The first-order chi connectivity index (χ1) is 10.1. The molecular formula is C17H26N2O2. The molecule has 2 rings (SSSR count). The van der Waals surface area contributed by atoms with Crippen LogP contribution in [0.5, 0.6) is 5.75 Å². The van der Waals surface area contributed by atoms with E-state index in [0.717, 1.165) is 18.0 Å². The number of hydrogen-bond donors (Lipinski definition) is 1. The molecule has 1 fully saturated rings. The lowest BCUT2D eigenvalue weighted by molar-refractivity contribution is -0.114. The van der Waals surface area contributed by atoms with Gasteiger partial charge in [-0.05, 0) is 45.4 Å². The summed E-state index contributed by atoms with van der Waals surface area (Å²) in [5.74, 6) is 0.751. The Bertz CT molecular complexity index is 474. The minimum Gasteiger partial charge on any atom is -0.492 e. The van der Waals surface area contributed by atoms with Crippen molar-refractivity contribution in [1.29, 1.82) is 0 Å². The molecule has 0 bridgehead atoms. The summed E-state index contributed by atoms with van der Waals surface area (Å²) < 4.78 is 5.96. The highest BCUT2D eigenvalue weighted by molar-refractivity contribution is 5.88. The maximum Gasteiger partial charge on any atom is 0.221 e. The van der Waals surface area contributed by atoms with E-state index in [0.29, 0.717) is 18.7 Å². The Hall–Kier alpha value is -1.55. The number of nitrogens with one attached hydrogen (secondary N) is 1. The topological polar surface area (TPSA) is 41.6 Å². The van der Waals surface area contributed by atoms with E-state index < -0.39 is 0 Å². The van der Waals surface area contributed by atoms with Crippen molar-refractivity contribution in [2.45, 2.75) is 52.1 Å². The Kier molecular flexibility index (Phi) is 5.62. The summed E-state index contributed by atoms with van der Waals surface area (Å²) in [6.45, 7) is 7.88. The van der Waals surface area contributed by atoms with Crippen LogP contribution < -0.4 is 10.1 Å². The molecule has 1 aliphatic heterocycles.